The highest BCUT2D eigenvalue weighted by Crippen LogP contribution is 2.26. The van der Waals surface area contributed by atoms with Crippen LogP contribution in [0.4, 0.5) is 5.69 Å². The second kappa shape index (κ2) is 6.42. The van der Waals surface area contributed by atoms with Crippen LogP contribution in [0, 0.1) is 12.8 Å². The van der Waals surface area contributed by atoms with E-state index in [9.17, 15) is 0 Å². The van der Waals surface area contributed by atoms with Crippen molar-refractivity contribution in [3.8, 4) is 0 Å². The zero-order valence-electron chi connectivity index (χ0n) is 12.7. The van der Waals surface area contributed by atoms with Gasteiger partial charge in [-0.15, -0.1) is 0 Å². The smallest absolute Gasteiger partial charge is 0.0396 e. The third-order valence-corrected chi connectivity index (χ3v) is 4.41. The Morgan fingerprint density at radius 1 is 1.32 bits per heavy atom. The predicted octanol–water partition coefficient (Wildman–Crippen LogP) is 3.51. The van der Waals surface area contributed by atoms with E-state index < -0.39 is 0 Å². The van der Waals surface area contributed by atoms with Crippen LogP contribution >= 0.6 is 0 Å². The van der Waals surface area contributed by atoms with E-state index in [1.165, 1.54) is 42.7 Å². The predicted molar refractivity (Wildman–Crippen MR) is 83.8 cm³/mol. The number of nitrogens with two attached hydrogens (primary N) is 1. The lowest BCUT2D eigenvalue weighted by Crippen LogP contribution is -2.33. The standard InChI is InChI=1S/C17H28N2/c1-4-16(18)12-15-5-6-17(14(3)11-15)19-9-7-13(2)8-10-19/h5-6,11,13,16H,4,7-10,12,18H2,1-3H3. The topological polar surface area (TPSA) is 29.3 Å². The number of hydrogen-bond donors (Lipinski definition) is 1. The Labute approximate surface area is 118 Å². The Morgan fingerprint density at radius 2 is 2.00 bits per heavy atom. The average Bonchev–Trinajstić information content (AvgIpc) is 2.40. The minimum atomic E-state index is 0.293. The summed E-state index contributed by atoms with van der Waals surface area (Å²) in [5.74, 6) is 0.887. The molecule has 0 amide bonds. The van der Waals surface area contributed by atoms with Gasteiger partial charge < -0.3 is 10.6 Å². The largest absolute Gasteiger partial charge is 0.371 e. The Kier molecular flexibility index (Phi) is 4.87. The lowest BCUT2D eigenvalue weighted by atomic mass is 9.97. The third kappa shape index (κ3) is 3.73. The molecule has 19 heavy (non-hydrogen) atoms. The minimum absolute atomic E-state index is 0.293. The van der Waals surface area contributed by atoms with Crippen molar-refractivity contribution in [2.24, 2.45) is 11.7 Å². The molecule has 1 aliphatic heterocycles. The van der Waals surface area contributed by atoms with E-state index >= 15 is 0 Å². The summed E-state index contributed by atoms with van der Waals surface area (Å²) in [5.41, 5.74) is 10.2. The molecule has 0 spiro atoms. The first-order valence-electron chi connectivity index (χ1n) is 7.70. The summed E-state index contributed by atoms with van der Waals surface area (Å²) < 4.78 is 0. The molecule has 0 bridgehead atoms. The molecule has 1 aromatic rings. The molecular formula is C17H28N2. The van der Waals surface area contributed by atoms with Gasteiger partial charge in [0.2, 0.25) is 0 Å². The third-order valence-electron chi connectivity index (χ3n) is 4.41. The normalized spacial score (nSPS) is 18.6. The summed E-state index contributed by atoms with van der Waals surface area (Å²) in [6.45, 7) is 9.15. The van der Waals surface area contributed by atoms with Crippen molar-refractivity contribution in [1.82, 2.24) is 0 Å². The van der Waals surface area contributed by atoms with Crippen LogP contribution in [0.1, 0.15) is 44.2 Å². The molecule has 1 fully saturated rings. The van der Waals surface area contributed by atoms with Crippen molar-refractivity contribution < 1.29 is 0 Å². The molecule has 2 heteroatoms. The Bertz CT molecular complexity index is 406. The van der Waals surface area contributed by atoms with Crippen LogP contribution in [0.3, 0.4) is 0 Å². The SMILES string of the molecule is CCC(N)Cc1ccc(N2CCC(C)CC2)c(C)c1. The van der Waals surface area contributed by atoms with Crippen LogP contribution in [-0.2, 0) is 6.42 Å². The van der Waals surface area contributed by atoms with E-state index in [-0.39, 0.29) is 0 Å². The van der Waals surface area contributed by atoms with Crippen LogP contribution in [0.25, 0.3) is 0 Å². The van der Waals surface area contributed by atoms with Crippen LogP contribution in [0.5, 0.6) is 0 Å². The second-order valence-corrected chi connectivity index (χ2v) is 6.16. The van der Waals surface area contributed by atoms with E-state index in [2.05, 4.69) is 43.9 Å². The van der Waals surface area contributed by atoms with Crippen molar-refractivity contribution in [2.75, 3.05) is 18.0 Å². The Morgan fingerprint density at radius 3 is 2.58 bits per heavy atom. The fraction of sp³-hybridized carbons (Fsp3) is 0.647. The maximum Gasteiger partial charge on any atom is 0.0396 e. The molecule has 1 aliphatic rings. The highest BCUT2D eigenvalue weighted by molar-refractivity contribution is 5.54. The Balaban J connectivity index is 2.06. The van der Waals surface area contributed by atoms with Crippen LogP contribution in [0.2, 0.25) is 0 Å². The van der Waals surface area contributed by atoms with Crippen molar-refractivity contribution in [2.45, 2.75) is 52.5 Å². The second-order valence-electron chi connectivity index (χ2n) is 6.16. The summed E-state index contributed by atoms with van der Waals surface area (Å²) in [4.78, 5) is 2.54. The molecular weight excluding hydrogens is 232 g/mol. The molecule has 2 N–H and O–H groups in total. The van der Waals surface area contributed by atoms with Gasteiger partial charge in [0.15, 0.2) is 0 Å². The first kappa shape index (κ1) is 14.4. The molecule has 1 saturated heterocycles. The van der Waals surface area contributed by atoms with Crippen LogP contribution in [-0.4, -0.2) is 19.1 Å². The van der Waals surface area contributed by atoms with Gasteiger partial charge in [-0.2, -0.15) is 0 Å². The zero-order chi connectivity index (χ0) is 13.8. The molecule has 0 saturated carbocycles. The van der Waals surface area contributed by atoms with E-state index in [4.69, 9.17) is 5.73 Å². The van der Waals surface area contributed by atoms with Gasteiger partial charge in [0.1, 0.15) is 0 Å². The molecule has 0 radical (unpaired) electrons. The van der Waals surface area contributed by atoms with Gasteiger partial charge in [-0.3, -0.25) is 0 Å². The van der Waals surface area contributed by atoms with Gasteiger partial charge in [0, 0.05) is 24.8 Å². The first-order valence-corrected chi connectivity index (χ1v) is 7.70. The molecule has 0 aliphatic carbocycles. The summed E-state index contributed by atoms with van der Waals surface area (Å²) >= 11 is 0. The number of anilines is 1. The molecule has 1 heterocycles. The highest BCUT2D eigenvalue weighted by Gasteiger charge is 2.17. The monoisotopic (exact) mass is 260 g/mol. The number of aryl methyl sites for hydroxylation is 1. The van der Waals surface area contributed by atoms with Crippen molar-refractivity contribution in [3.63, 3.8) is 0 Å². The Hall–Kier alpha value is -1.02. The minimum Gasteiger partial charge on any atom is -0.371 e. The first-order chi connectivity index (χ1) is 9.10. The lowest BCUT2D eigenvalue weighted by Gasteiger charge is -2.33. The molecule has 1 atom stereocenters. The van der Waals surface area contributed by atoms with Gasteiger partial charge in [0.25, 0.3) is 0 Å². The maximum atomic E-state index is 6.04. The highest BCUT2D eigenvalue weighted by atomic mass is 15.1. The summed E-state index contributed by atoms with van der Waals surface area (Å²) in [7, 11) is 0. The summed E-state index contributed by atoms with van der Waals surface area (Å²) in [6.07, 6.45) is 4.68. The number of hydrogen-bond acceptors (Lipinski definition) is 2. The molecule has 0 aromatic heterocycles. The van der Waals surface area contributed by atoms with Crippen molar-refractivity contribution in [3.05, 3.63) is 29.3 Å². The van der Waals surface area contributed by atoms with E-state index in [0.29, 0.717) is 6.04 Å². The fourth-order valence-corrected chi connectivity index (χ4v) is 2.90. The number of rotatable bonds is 4. The maximum absolute atomic E-state index is 6.04. The zero-order valence-corrected chi connectivity index (χ0v) is 12.7. The number of benzene rings is 1. The van der Waals surface area contributed by atoms with Gasteiger partial charge in [-0.05, 0) is 55.7 Å². The van der Waals surface area contributed by atoms with Gasteiger partial charge >= 0.3 is 0 Å². The van der Waals surface area contributed by atoms with E-state index in [0.717, 1.165) is 18.8 Å². The van der Waals surface area contributed by atoms with Crippen LogP contribution < -0.4 is 10.6 Å². The van der Waals surface area contributed by atoms with Crippen molar-refractivity contribution >= 4 is 5.69 Å². The number of nitrogens with zero attached hydrogens (tertiary/aromatic N) is 1. The lowest BCUT2D eigenvalue weighted by molar-refractivity contribution is 0.438. The average molecular weight is 260 g/mol. The summed E-state index contributed by atoms with van der Waals surface area (Å²) in [5, 5.41) is 0. The van der Waals surface area contributed by atoms with Gasteiger partial charge in [-0.1, -0.05) is 26.0 Å². The molecule has 1 aromatic carbocycles. The van der Waals surface area contributed by atoms with Crippen LogP contribution in [0.15, 0.2) is 18.2 Å². The molecule has 1 unspecified atom stereocenters. The number of piperidine rings is 1. The van der Waals surface area contributed by atoms with Crippen molar-refractivity contribution in [1.29, 1.82) is 0 Å². The molecule has 106 valence electrons. The molecule has 2 rings (SSSR count). The van der Waals surface area contributed by atoms with E-state index in [1.54, 1.807) is 0 Å². The quantitative estimate of drug-likeness (QED) is 0.897. The van der Waals surface area contributed by atoms with Gasteiger partial charge in [-0.25, -0.2) is 0 Å². The molecule has 2 nitrogen and oxygen atoms in total. The van der Waals surface area contributed by atoms with E-state index in [1.807, 2.05) is 0 Å². The van der Waals surface area contributed by atoms with Gasteiger partial charge in [0.05, 0.1) is 0 Å². The summed E-state index contributed by atoms with van der Waals surface area (Å²) in [6, 6.07) is 7.17. The fourth-order valence-electron chi connectivity index (χ4n) is 2.90.